The number of piperazine rings is 2. The fourth-order valence-corrected chi connectivity index (χ4v) is 4.26. The average Bonchev–Trinajstić information content (AvgIpc) is 2.75. The lowest BCUT2D eigenvalue weighted by atomic mass is 10.1. The molecule has 0 aliphatic carbocycles. The summed E-state index contributed by atoms with van der Waals surface area (Å²) in [5.41, 5.74) is 0.701. The zero-order valence-electron chi connectivity index (χ0n) is 18.3. The van der Waals surface area contributed by atoms with Crippen molar-refractivity contribution >= 4 is 11.6 Å². The number of guanidine groups is 1. The zero-order chi connectivity index (χ0) is 20.6. The van der Waals surface area contributed by atoms with E-state index in [2.05, 4.69) is 43.8 Å². The van der Waals surface area contributed by atoms with Crippen LogP contribution in [0.1, 0.15) is 13.8 Å². The number of anilines is 1. The van der Waals surface area contributed by atoms with Gasteiger partial charge in [0, 0.05) is 72.5 Å². The minimum atomic E-state index is -0.142. The van der Waals surface area contributed by atoms with Gasteiger partial charge in [-0.1, -0.05) is 26.0 Å². The van der Waals surface area contributed by atoms with Crippen molar-refractivity contribution < 1.29 is 4.39 Å². The molecule has 2 aliphatic heterocycles. The number of halogens is 1. The van der Waals surface area contributed by atoms with Crippen LogP contribution in [0, 0.1) is 11.7 Å². The molecule has 1 N–H and O–H groups in total. The molecule has 29 heavy (non-hydrogen) atoms. The highest BCUT2D eigenvalue weighted by Gasteiger charge is 2.22. The standard InChI is InChI=1S/C22H37FN6/c1-4-26-9-11-27(12-10-26)18-19(2)17-25-22(24-3)29-15-13-28(14-16-29)21-8-6-5-7-20(21)23/h5-8,19H,4,9-18H2,1-3H3,(H,24,25). The molecule has 1 unspecified atom stereocenters. The SMILES string of the molecule is CCN1CCN(CC(C)CNC(=NC)N2CCN(c3ccccc3F)CC2)CC1. The number of benzene rings is 1. The molecule has 2 saturated heterocycles. The molecule has 0 aromatic heterocycles. The van der Waals surface area contributed by atoms with Crippen molar-refractivity contribution in [1.29, 1.82) is 0 Å². The quantitative estimate of drug-likeness (QED) is 0.578. The van der Waals surface area contributed by atoms with E-state index in [0.717, 1.165) is 51.8 Å². The van der Waals surface area contributed by atoms with Gasteiger partial charge in [-0.05, 0) is 24.6 Å². The van der Waals surface area contributed by atoms with Crippen molar-refractivity contribution in [1.82, 2.24) is 20.0 Å². The Kier molecular flexibility index (Phi) is 8.12. The average molecular weight is 405 g/mol. The van der Waals surface area contributed by atoms with Crippen LogP contribution in [0.2, 0.25) is 0 Å². The second-order valence-electron chi connectivity index (χ2n) is 8.19. The number of aliphatic imine (C=N–C) groups is 1. The van der Waals surface area contributed by atoms with Gasteiger partial charge < -0.3 is 24.9 Å². The summed E-state index contributed by atoms with van der Waals surface area (Å²) in [6.07, 6.45) is 0. The fraction of sp³-hybridized carbons (Fsp3) is 0.682. The monoisotopic (exact) mass is 404 g/mol. The highest BCUT2D eigenvalue weighted by molar-refractivity contribution is 5.80. The van der Waals surface area contributed by atoms with E-state index in [1.165, 1.54) is 32.2 Å². The molecule has 1 atom stereocenters. The zero-order valence-corrected chi connectivity index (χ0v) is 18.3. The molecule has 0 bridgehead atoms. The Balaban J connectivity index is 1.41. The summed E-state index contributed by atoms with van der Waals surface area (Å²) in [5, 5.41) is 3.56. The van der Waals surface area contributed by atoms with E-state index in [1.807, 2.05) is 19.2 Å². The fourth-order valence-electron chi connectivity index (χ4n) is 4.26. The van der Waals surface area contributed by atoms with Gasteiger partial charge in [0.2, 0.25) is 0 Å². The Morgan fingerprint density at radius 2 is 1.69 bits per heavy atom. The van der Waals surface area contributed by atoms with E-state index in [9.17, 15) is 4.39 Å². The number of para-hydroxylation sites is 1. The smallest absolute Gasteiger partial charge is 0.193 e. The number of hydrogen-bond acceptors (Lipinski definition) is 4. The molecular weight excluding hydrogens is 367 g/mol. The minimum absolute atomic E-state index is 0.142. The van der Waals surface area contributed by atoms with Crippen LogP contribution < -0.4 is 10.2 Å². The first-order valence-corrected chi connectivity index (χ1v) is 11.0. The van der Waals surface area contributed by atoms with Crippen LogP contribution in [0.4, 0.5) is 10.1 Å². The Bertz CT molecular complexity index is 650. The normalized spacial score (nSPS) is 20.8. The molecule has 2 heterocycles. The molecule has 0 radical (unpaired) electrons. The first kappa shape index (κ1) is 21.8. The molecular formula is C22H37FN6. The van der Waals surface area contributed by atoms with Gasteiger partial charge in [0.25, 0.3) is 0 Å². The van der Waals surface area contributed by atoms with Gasteiger partial charge in [-0.2, -0.15) is 0 Å². The maximum atomic E-state index is 14.0. The third kappa shape index (κ3) is 6.06. The summed E-state index contributed by atoms with van der Waals surface area (Å²) in [7, 11) is 1.85. The molecule has 1 aromatic carbocycles. The maximum Gasteiger partial charge on any atom is 0.193 e. The third-order valence-electron chi connectivity index (χ3n) is 6.07. The van der Waals surface area contributed by atoms with E-state index in [-0.39, 0.29) is 5.82 Å². The maximum absolute atomic E-state index is 14.0. The first-order chi connectivity index (χ1) is 14.1. The molecule has 0 amide bonds. The summed E-state index contributed by atoms with van der Waals surface area (Å²) < 4.78 is 14.0. The molecule has 3 rings (SSSR count). The Morgan fingerprint density at radius 1 is 1.03 bits per heavy atom. The van der Waals surface area contributed by atoms with Crippen molar-refractivity contribution in [3.8, 4) is 0 Å². The van der Waals surface area contributed by atoms with Crippen LogP contribution in [-0.2, 0) is 0 Å². The van der Waals surface area contributed by atoms with Crippen LogP contribution in [-0.4, -0.2) is 99.7 Å². The van der Waals surface area contributed by atoms with Crippen molar-refractivity contribution in [2.45, 2.75) is 13.8 Å². The molecule has 2 fully saturated rings. The van der Waals surface area contributed by atoms with Crippen molar-refractivity contribution in [3.63, 3.8) is 0 Å². The lowest BCUT2D eigenvalue weighted by molar-refractivity contribution is 0.124. The lowest BCUT2D eigenvalue weighted by Gasteiger charge is -2.38. The number of likely N-dealkylation sites (N-methyl/N-ethyl adjacent to an activating group) is 1. The number of nitrogens with zero attached hydrogens (tertiary/aromatic N) is 5. The molecule has 1 aromatic rings. The van der Waals surface area contributed by atoms with E-state index in [1.54, 1.807) is 6.07 Å². The molecule has 6 nitrogen and oxygen atoms in total. The van der Waals surface area contributed by atoms with Crippen LogP contribution in [0.15, 0.2) is 29.3 Å². The van der Waals surface area contributed by atoms with Gasteiger partial charge in [0.15, 0.2) is 5.96 Å². The summed E-state index contributed by atoms with van der Waals surface area (Å²) >= 11 is 0. The molecule has 7 heteroatoms. The minimum Gasteiger partial charge on any atom is -0.366 e. The van der Waals surface area contributed by atoms with Gasteiger partial charge in [-0.3, -0.25) is 4.99 Å². The summed E-state index contributed by atoms with van der Waals surface area (Å²) in [6.45, 7) is 15.8. The van der Waals surface area contributed by atoms with E-state index in [4.69, 9.17) is 0 Å². The highest BCUT2D eigenvalue weighted by atomic mass is 19.1. The van der Waals surface area contributed by atoms with E-state index >= 15 is 0 Å². The molecule has 2 aliphatic rings. The van der Waals surface area contributed by atoms with Gasteiger partial charge in [-0.15, -0.1) is 0 Å². The summed E-state index contributed by atoms with van der Waals surface area (Å²) in [4.78, 5) is 14.0. The Morgan fingerprint density at radius 3 is 2.31 bits per heavy atom. The Hall–Kier alpha value is -1.86. The van der Waals surface area contributed by atoms with Gasteiger partial charge in [0.1, 0.15) is 5.82 Å². The largest absolute Gasteiger partial charge is 0.366 e. The van der Waals surface area contributed by atoms with Crippen LogP contribution in [0.3, 0.4) is 0 Å². The lowest BCUT2D eigenvalue weighted by Crippen LogP contribution is -2.53. The molecule has 0 spiro atoms. The van der Waals surface area contributed by atoms with Gasteiger partial charge in [0.05, 0.1) is 5.69 Å². The molecule has 0 saturated carbocycles. The van der Waals surface area contributed by atoms with Crippen molar-refractivity contribution in [2.75, 3.05) is 83.9 Å². The predicted molar refractivity (Wildman–Crippen MR) is 119 cm³/mol. The predicted octanol–water partition coefficient (Wildman–Crippen LogP) is 1.80. The van der Waals surface area contributed by atoms with E-state index in [0.29, 0.717) is 11.6 Å². The number of nitrogens with one attached hydrogen (secondary N) is 1. The number of rotatable bonds is 6. The summed E-state index contributed by atoms with van der Waals surface area (Å²) in [5.74, 6) is 1.39. The van der Waals surface area contributed by atoms with Crippen molar-refractivity contribution in [2.24, 2.45) is 10.9 Å². The van der Waals surface area contributed by atoms with Crippen molar-refractivity contribution in [3.05, 3.63) is 30.1 Å². The third-order valence-corrected chi connectivity index (χ3v) is 6.07. The van der Waals surface area contributed by atoms with E-state index < -0.39 is 0 Å². The first-order valence-electron chi connectivity index (χ1n) is 11.0. The van der Waals surface area contributed by atoms with Crippen LogP contribution in [0.25, 0.3) is 0 Å². The van der Waals surface area contributed by atoms with Crippen LogP contribution >= 0.6 is 0 Å². The highest BCUT2D eigenvalue weighted by Crippen LogP contribution is 2.20. The second kappa shape index (κ2) is 10.8. The topological polar surface area (TPSA) is 37.4 Å². The van der Waals surface area contributed by atoms with Gasteiger partial charge in [-0.25, -0.2) is 4.39 Å². The summed E-state index contributed by atoms with van der Waals surface area (Å²) in [6, 6.07) is 7.03. The number of hydrogen-bond donors (Lipinski definition) is 1. The van der Waals surface area contributed by atoms with Crippen LogP contribution in [0.5, 0.6) is 0 Å². The Labute approximate surface area is 175 Å². The van der Waals surface area contributed by atoms with Gasteiger partial charge >= 0.3 is 0 Å². The molecule has 162 valence electrons. The second-order valence-corrected chi connectivity index (χ2v) is 8.19.